The minimum Gasteiger partial charge on any atom is -0.383 e. The number of imidazole rings is 1. The summed E-state index contributed by atoms with van der Waals surface area (Å²) in [7, 11) is 1.75. The molecule has 2 aromatic rings. The standard InChI is InChI=1S/C22H32N4O3/c1-28-14-12-24-9-6-18(7-10-24)15-26(17-20-3-2-13-29-20)22(27)19-4-5-21-23-8-11-25(21)16-19/h4-5,8,11,16,18,20H,2-3,6-7,9-10,12-15,17H2,1H3/t20-/m0/s1. The van der Waals surface area contributed by atoms with E-state index >= 15 is 0 Å². The van der Waals surface area contributed by atoms with Gasteiger partial charge in [0.25, 0.3) is 5.91 Å². The normalized spacial score (nSPS) is 21.1. The molecule has 2 aromatic heterocycles. The second-order valence-corrected chi connectivity index (χ2v) is 8.23. The number of pyridine rings is 1. The molecule has 0 radical (unpaired) electrons. The molecule has 4 rings (SSSR count). The second-order valence-electron chi connectivity index (χ2n) is 8.23. The van der Waals surface area contributed by atoms with Gasteiger partial charge in [0.2, 0.25) is 0 Å². The van der Waals surface area contributed by atoms with E-state index < -0.39 is 0 Å². The van der Waals surface area contributed by atoms with Crippen LogP contribution in [0.15, 0.2) is 30.7 Å². The Bertz CT molecular complexity index is 794. The fourth-order valence-electron chi connectivity index (χ4n) is 4.43. The molecule has 7 heteroatoms. The van der Waals surface area contributed by atoms with Crippen molar-refractivity contribution in [3.63, 3.8) is 0 Å². The van der Waals surface area contributed by atoms with Crippen LogP contribution in [0.2, 0.25) is 0 Å². The molecule has 7 nitrogen and oxygen atoms in total. The smallest absolute Gasteiger partial charge is 0.255 e. The summed E-state index contributed by atoms with van der Waals surface area (Å²) >= 11 is 0. The highest BCUT2D eigenvalue weighted by molar-refractivity contribution is 5.94. The Hall–Kier alpha value is -1.96. The molecule has 0 N–H and O–H groups in total. The highest BCUT2D eigenvalue weighted by atomic mass is 16.5. The van der Waals surface area contributed by atoms with Gasteiger partial charge in [-0.3, -0.25) is 4.79 Å². The number of piperidine rings is 1. The number of ether oxygens (including phenoxy) is 2. The lowest BCUT2D eigenvalue weighted by atomic mass is 9.95. The number of hydrogen-bond acceptors (Lipinski definition) is 5. The third-order valence-electron chi connectivity index (χ3n) is 6.17. The number of hydrogen-bond donors (Lipinski definition) is 0. The van der Waals surface area contributed by atoms with Crippen LogP contribution in [-0.2, 0) is 9.47 Å². The maximum atomic E-state index is 13.4. The number of nitrogens with zero attached hydrogens (tertiary/aromatic N) is 4. The van der Waals surface area contributed by atoms with Gasteiger partial charge in [0, 0.05) is 51.9 Å². The number of fused-ring (bicyclic) bond motifs is 1. The Morgan fingerprint density at radius 1 is 1.28 bits per heavy atom. The zero-order valence-electron chi connectivity index (χ0n) is 17.3. The number of likely N-dealkylation sites (tertiary alicyclic amines) is 1. The van der Waals surface area contributed by atoms with E-state index in [9.17, 15) is 4.79 Å². The van der Waals surface area contributed by atoms with Gasteiger partial charge in [-0.1, -0.05) is 0 Å². The molecule has 158 valence electrons. The van der Waals surface area contributed by atoms with Crippen LogP contribution in [0.25, 0.3) is 5.65 Å². The molecule has 29 heavy (non-hydrogen) atoms. The summed E-state index contributed by atoms with van der Waals surface area (Å²) in [4.78, 5) is 22.1. The number of methoxy groups -OCH3 is 1. The fraction of sp³-hybridized carbons (Fsp3) is 0.636. The quantitative estimate of drug-likeness (QED) is 0.681. The van der Waals surface area contributed by atoms with E-state index in [0.29, 0.717) is 18.0 Å². The maximum absolute atomic E-state index is 13.4. The molecule has 1 atom stereocenters. The molecule has 2 aliphatic rings. The van der Waals surface area contributed by atoms with E-state index in [1.807, 2.05) is 33.8 Å². The largest absolute Gasteiger partial charge is 0.383 e. The predicted molar refractivity (Wildman–Crippen MR) is 111 cm³/mol. The van der Waals surface area contributed by atoms with Gasteiger partial charge in [-0.2, -0.15) is 0 Å². The van der Waals surface area contributed by atoms with Gasteiger partial charge in [-0.05, 0) is 56.8 Å². The van der Waals surface area contributed by atoms with Crippen LogP contribution in [0, 0.1) is 5.92 Å². The van der Waals surface area contributed by atoms with Crippen molar-refractivity contribution in [2.75, 3.05) is 53.0 Å². The fourth-order valence-corrected chi connectivity index (χ4v) is 4.43. The number of amides is 1. The SMILES string of the molecule is COCCN1CCC(CN(C[C@@H]2CCCO2)C(=O)c2ccc3nccn3c2)CC1. The lowest BCUT2D eigenvalue weighted by Crippen LogP contribution is -2.44. The van der Waals surface area contributed by atoms with Crippen molar-refractivity contribution < 1.29 is 14.3 Å². The zero-order chi connectivity index (χ0) is 20.1. The molecule has 1 amide bonds. The summed E-state index contributed by atoms with van der Waals surface area (Å²) in [5.41, 5.74) is 1.57. The first-order valence-electron chi connectivity index (χ1n) is 10.8. The van der Waals surface area contributed by atoms with Gasteiger partial charge >= 0.3 is 0 Å². The van der Waals surface area contributed by atoms with Crippen LogP contribution in [0.3, 0.4) is 0 Å². The summed E-state index contributed by atoms with van der Waals surface area (Å²) in [6.07, 6.45) is 10.1. The molecule has 2 saturated heterocycles. The van der Waals surface area contributed by atoms with Crippen molar-refractivity contribution >= 4 is 11.6 Å². The number of carbonyl (C=O) groups excluding carboxylic acids is 1. The van der Waals surface area contributed by atoms with E-state index in [1.165, 1.54) is 0 Å². The molecular weight excluding hydrogens is 368 g/mol. The van der Waals surface area contributed by atoms with Gasteiger partial charge in [0.05, 0.1) is 18.3 Å². The molecule has 2 aliphatic heterocycles. The van der Waals surface area contributed by atoms with Gasteiger partial charge in [0.15, 0.2) is 0 Å². The Morgan fingerprint density at radius 2 is 2.14 bits per heavy atom. The first-order valence-corrected chi connectivity index (χ1v) is 10.8. The summed E-state index contributed by atoms with van der Waals surface area (Å²) < 4.78 is 13.0. The lowest BCUT2D eigenvalue weighted by molar-refractivity contribution is 0.0436. The average Bonchev–Trinajstić information content (AvgIpc) is 3.43. The predicted octanol–water partition coefficient (Wildman–Crippen LogP) is 2.31. The van der Waals surface area contributed by atoms with E-state index in [1.54, 1.807) is 13.3 Å². The maximum Gasteiger partial charge on any atom is 0.255 e. The second kappa shape index (κ2) is 9.69. The number of rotatable bonds is 8. The van der Waals surface area contributed by atoms with E-state index in [4.69, 9.17) is 9.47 Å². The van der Waals surface area contributed by atoms with Gasteiger partial charge < -0.3 is 23.7 Å². The first kappa shape index (κ1) is 20.3. The minimum atomic E-state index is 0.0953. The monoisotopic (exact) mass is 400 g/mol. The Balaban J connectivity index is 1.42. The molecule has 0 aromatic carbocycles. The van der Waals surface area contributed by atoms with Crippen molar-refractivity contribution in [2.45, 2.75) is 31.8 Å². The van der Waals surface area contributed by atoms with Crippen molar-refractivity contribution in [3.8, 4) is 0 Å². The molecule has 0 aliphatic carbocycles. The summed E-state index contributed by atoms with van der Waals surface area (Å²) in [5.74, 6) is 0.633. The third kappa shape index (κ3) is 5.15. The van der Waals surface area contributed by atoms with Crippen LogP contribution in [-0.4, -0.2) is 84.2 Å². The van der Waals surface area contributed by atoms with Gasteiger partial charge in [-0.15, -0.1) is 0 Å². The van der Waals surface area contributed by atoms with Gasteiger partial charge in [-0.25, -0.2) is 4.98 Å². The van der Waals surface area contributed by atoms with Gasteiger partial charge in [0.1, 0.15) is 5.65 Å². The van der Waals surface area contributed by atoms with Crippen LogP contribution >= 0.6 is 0 Å². The van der Waals surface area contributed by atoms with Crippen molar-refractivity contribution in [2.24, 2.45) is 5.92 Å². The summed E-state index contributed by atoms with van der Waals surface area (Å²) in [5, 5.41) is 0. The number of carbonyl (C=O) groups is 1. The zero-order valence-corrected chi connectivity index (χ0v) is 17.3. The Labute approximate surface area is 172 Å². The highest BCUT2D eigenvalue weighted by Gasteiger charge is 2.28. The topological polar surface area (TPSA) is 59.3 Å². The molecule has 0 spiro atoms. The lowest BCUT2D eigenvalue weighted by Gasteiger charge is -2.35. The summed E-state index contributed by atoms with van der Waals surface area (Å²) in [6.45, 7) is 6.24. The van der Waals surface area contributed by atoms with Crippen LogP contribution in [0.1, 0.15) is 36.0 Å². The molecular formula is C22H32N4O3. The third-order valence-corrected chi connectivity index (χ3v) is 6.17. The summed E-state index contributed by atoms with van der Waals surface area (Å²) in [6, 6.07) is 3.80. The van der Waals surface area contributed by atoms with E-state index in [-0.39, 0.29) is 12.0 Å². The van der Waals surface area contributed by atoms with Crippen molar-refractivity contribution in [1.82, 2.24) is 19.2 Å². The minimum absolute atomic E-state index is 0.0953. The van der Waals surface area contributed by atoms with Crippen LogP contribution < -0.4 is 0 Å². The molecule has 0 unspecified atom stereocenters. The van der Waals surface area contributed by atoms with Crippen LogP contribution in [0.4, 0.5) is 0 Å². The van der Waals surface area contributed by atoms with E-state index in [0.717, 1.165) is 70.7 Å². The Morgan fingerprint density at radius 3 is 2.90 bits per heavy atom. The molecule has 0 bridgehead atoms. The van der Waals surface area contributed by atoms with Crippen molar-refractivity contribution in [3.05, 3.63) is 36.3 Å². The van der Waals surface area contributed by atoms with E-state index in [2.05, 4.69) is 9.88 Å². The van der Waals surface area contributed by atoms with Crippen LogP contribution in [0.5, 0.6) is 0 Å². The van der Waals surface area contributed by atoms with Crippen molar-refractivity contribution in [1.29, 1.82) is 0 Å². The molecule has 0 saturated carbocycles. The number of aromatic nitrogens is 2. The first-order chi connectivity index (χ1) is 14.2. The molecule has 4 heterocycles. The molecule has 2 fully saturated rings. The Kier molecular flexibility index (Phi) is 6.79. The highest BCUT2D eigenvalue weighted by Crippen LogP contribution is 2.22. The average molecular weight is 401 g/mol.